The molecule has 0 saturated heterocycles. The van der Waals surface area contributed by atoms with E-state index in [9.17, 15) is 0 Å². The van der Waals surface area contributed by atoms with Crippen molar-refractivity contribution in [3.63, 3.8) is 0 Å². The van der Waals surface area contributed by atoms with Crippen LogP contribution in [0.25, 0.3) is 0 Å². The van der Waals surface area contributed by atoms with Gasteiger partial charge in [0.05, 0.1) is 6.61 Å². The van der Waals surface area contributed by atoms with E-state index in [1.54, 1.807) is 0 Å². The maximum atomic E-state index is 6.19. The van der Waals surface area contributed by atoms with Crippen molar-refractivity contribution in [3.05, 3.63) is 28.3 Å². The van der Waals surface area contributed by atoms with Gasteiger partial charge in [0, 0.05) is 11.1 Å². The van der Waals surface area contributed by atoms with Crippen molar-refractivity contribution >= 4 is 11.6 Å². The molecule has 102 valence electrons. The van der Waals surface area contributed by atoms with Gasteiger partial charge in [-0.3, -0.25) is 0 Å². The molecule has 0 fully saturated rings. The topological polar surface area (TPSA) is 35.2 Å². The van der Waals surface area contributed by atoms with Gasteiger partial charge in [-0.1, -0.05) is 18.5 Å². The van der Waals surface area contributed by atoms with E-state index in [-0.39, 0.29) is 6.04 Å². The van der Waals surface area contributed by atoms with Crippen molar-refractivity contribution in [2.24, 2.45) is 11.7 Å². The first-order valence-electron chi connectivity index (χ1n) is 6.61. The van der Waals surface area contributed by atoms with E-state index >= 15 is 0 Å². The highest BCUT2D eigenvalue weighted by molar-refractivity contribution is 6.31. The van der Waals surface area contributed by atoms with Crippen molar-refractivity contribution in [3.8, 4) is 5.75 Å². The minimum absolute atomic E-state index is 0.233. The quantitative estimate of drug-likeness (QED) is 0.848. The molecule has 0 heterocycles. The molecule has 1 rings (SSSR count). The second kappa shape index (κ2) is 7.01. The molecule has 0 amide bonds. The number of hydrogen-bond donors (Lipinski definition) is 1. The van der Waals surface area contributed by atoms with Gasteiger partial charge in [0.15, 0.2) is 0 Å². The van der Waals surface area contributed by atoms with Crippen molar-refractivity contribution < 1.29 is 4.74 Å². The van der Waals surface area contributed by atoms with Crippen molar-refractivity contribution in [1.82, 2.24) is 0 Å². The smallest absolute Gasteiger partial charge is 0.122 e. The standard InChI is InChI=1S/C15H24ClNO/c1-5-18-15-8-11(3)14(16)9-13(15)7-10(2)6-12(4)17/h8-10,12H,5-7,17H2,1-4H3. The van der Waals surface area contributed by atoms with Gasteiger partial charge < -0.3 is 10.5 Å². The summed E-state index contributed by atoms with van der Waals surface area (Å²) in [4.78, 5) is 0. The van der Waals surface area contributed by atoms with E-state index in [1.807, 2.05) is 32.9 Å². The maximum absolute atomic E-state index is 6.19. The number of benzene rings is 1. The molecule has 2 atom stereocenters. The Kier molecular flexibility index (Phi) is 5.97. The van der Waals surface area contributed by atoms with Crippen LogP contribution in [-0.4, -0.2) is 12.6 Å². The van der Waals surface area contributed by atoms with Crippen LogP contribution in [0, 0.1) is 12.8 Å². The predicted octanol–water partition coefficient (Wildman–Crippen LogP) is 3.96. The molecule has 18 heavy (non-hydrogen) atoms. The van der Waals surface area contributed by atoms with Gasteiger partial charge in [0.25, 0.3) is 0 Å². The first-order chi connectivity index (χ1) is 8.43. The van der Waals surface area contributed by atoms with Crippen LogP contribution in [0.4, 0.5) is 0 Å². The molecular weight excluding hydrogens is 246 g/mol. The number of aryl methyl sites for hydroxylation is 1. The molecule has 3 heteroatoms. The van der Waals surface area contributed by atoms with Crippen LogP contribution in [0.1, 0.15) is 38.3 Å². The Morgan fingerprint density at radius 2 is 2.00 bits per heavy atom. The maximum Gasteiger partial charge on any atom is 0.122 e. The van der Waals surface area contributed by atoms with Crippen LogP contribution in [0.3, 0.4) is 0 Å². The van der Waals surface area contributed by atoms with Crippen molar-refractivity contribution in [2.45, 2.75) is 46.6 Å². The molecule has 0 aliphatic carbocycles. The third-order valence-corrected chi connectivity index (χ3v) is 3.39. The van der Waals surface area contributed by atoms with Gasteiger partial charge in [-0.05, 0) is 62.8 Å². The van der Waals surface area contributed by atoms with Crippen LogP contribution in [0.5, 0.6) is 5.75 Å². The molecule has 2 nitrogen and oxygen atoms in total. The normalized spacial score (nSPS) is 14.3. The second-order valence-electron chi connectivity index (χ2n) is 5.16. The third-order valence-electron chi connectivity index (χ3n) is 2.98. The predicted molar refractivity (Wildman–Crippen MR) is 78.5 cm³/mol. The van der Waals surface area contributed by atoms with Crippen molar-refractivity contribution in [1.29, 1.82) is 0 Å². The zero-order valence-corrected chi connectivity index (χ0v) is 12.6. The molecule has 0 aromatic heterocycles. The molecular formula is C15H24ClNO. The lowest BCUT2D eigenvalue weighted by Crippen LogP contribution is -2.19. The first-order valence-corrected chi connectivity index (χ1v) is 6.99. The summed E-state index contributed by atoms with van der Waals surface area (Å²) in [5, 5.41) is 0.807. The summed E-state index contributed by atoms with van der Waals surface area (Å²) in [5.41, 5.74) is 8.08. The molecule has 0 aliphatic heterocycles. The Morgan fingerprint density at radius 1 is 1.33 bits per heavy atom. The number of hydrogen-bond acceptors (Lipinski definition) is 2. The molecule has 2 unspecified atom stereocenters. The monoisotopic (exact) mass is 269 g/mol. The number of ether oxygens (including phenoxy) is 1. The van der Waals surface area contributed by atoms with E-state index in [0.717, 1.165) is 29.2 Å². The second-order valence-corrected chi connectivity index (χ2v) is 5.57. The van der Waals surface area contributed by atoms with E-state index in [1.165, 1.54) is 5.56 Å². The Hall–Kier alpha value is -0.730. The Bertz CT molecular complexity index is 390. The Balaban J connectivity index is 2.88. The molecule has 0 radical (unpaired) electrons. The summed E-state index contributed by atoms with van der Waals surface area (Å²) in [6.45, 7) is 8.93. The van der Waals surface area contributed by atoms with Gasteiger partial charge in [-0.2, -0.15) is 0 Å². The fraction of sp³-hybridized carbons (Fsp3) is 0.600. The largest absolute Gasteiger partial charge is 0.494 e. The Morgan fingerprint density at radius 3 is 2.56 bits per heavy atom. The van der Waals surface area contributed by atoms with Crippen molar-refractivity contribution in [2.75, 3.05) is 6.61 Å². The average molecular weight is 270 g/mol. The van der Waals surface area contributed by atoms with Crippen LogP contribution in [0.2, 0.25) is 5.02 Å². The van der Waals surface area contributed by atoms with Crippen LogP contribution < -0.4 is 10.5 Å². The summed E-state index contributed by atoms with van der Waals surface area (Å²) in [5.74, 6) is 1.49. The highest BCUT2D eigenvalue weighted by atomic mass is 35.5. The summed E-state index contributed by atoms with van der Waals surface area (Å²) in [6, 6.07) is 4.29. The third kappa shape index (κ3) is 4.51. The number of halogens is 1. The summed E-state index contributed by atoms with van der Waals surface area (Å²) < 4.78 is 5.69. The minimum Gasteiger partial charge on any atom is -0.494 e. The highest BCUT2D eigenvalue weighted by Crippen LogP contribution is 2.29. The van der Waals surface area contributed by atoms with Gasteiger partial charge in [-0.25, -0.2) is 0 Å². The van der Waals surface area contributed by atoms with Gasteiger partial charge in [-0.15, -0.1) is 0 Å². The number of nitrogens with two attached hydrogens (primary N) is 1. The summed E-state index contributed by atoms with van der Waals surface area (Å²) >= 11 is 6.19. The molecule has 0 saturated carbocycles. The number of rotatable bonds is 6. The lowest BCUT2D eigenvalue weighted by Gasteiger charge is -2.17. The molecule has 0 spiro atoms. The van der Waals surface area contributed by atoms with Gasteiger partial charge >= 0.3 is 0 Å². The molecule has 1 aromatic rings. The fourth-order valence-electron chi connectivity index (χ4n) is 2.24. The summed E-state index contributed by atoms with van der Waals surface area (Å²) in [7, 11) is 0. The zero-order chi connectivity index (χ0) is 13.7. The molecule has 0 bridgehead atoms. The molecule has 1 aromatic carbocycles. The van der Waals surface area contributed by atoms with Crippen LogP contribution >= 0.6 is 11.6 Å². The van der Waals surface area contributed by atoms with Crippen LogP contribution in [-0.2, 0) is 6.42 Å². The fourth-order valence-corrected chi connectivity index (χ4v) is 2.43. The lowest BCUT2D eigenvalue weighted by atomic mass is 9.94. The van der Waals surface area contributed by atoms with E-state index in [4.69, 9.17) is 22.1 Å². The molecule has 0 aliphatic rings. The van der Waals surface area contributed by atoms with E-state index < -0.39 is 0 Å². The summed E-state index contributed by atoms with van der Waals surface area (Å²) in [6.07, 6.45) is 1.97. The minimum atomic E-state index is 0.233. The lowest BCUT2D eigenvalue weighted by molar-refractivity contribution is 0.333. The molecule has 2 N–H and O–H groups in total. The average Bonchev–Trinajstić information content (AvgIpc) is 2.24. The van der Waals surface area contributed by atoms with Gasteiger partial charge in [0.1, 0.15) is 5.75 Å². The first kappa shape index (κ1) is 15.3. The Labute approximate surface area is 115 Å². The SMILES string of the molecule is CCOc1cc(C)c(Cl)cc1CC(C)CC(C)N. The highest BCUT2D eigenvalue weighted by Gasteiger charge is 2.12. The van der Waals surface area contributed by atoms with Crippen LogP contribution in [0.15, 0.2) is 12.1 Å². The van der Waals surface area contributed by atoms with E-state index in [2.05, 4.69) is 6.92 Å². The van der Waals surface area contributed by atoms with Gasteiger partial charge in [0.2, 0.25) is 0 Å². The zero-order valence-electron chi connectivity index (χ0n) is 11.8. The van der Waals surface area contributed by atoms with E-state index in [0.29, 0.717) is 12.5 Å².